The van der Waals surface area contributed by atoms with Crippen molar-refractivity contribution in [3.63, 3.8) is 0 Å². The van der Waals surface area contributed by atoms with Gasteiger partial charge in [-0.3, -0.25) is 9.69 Å². The number of rotatable bonds is 5. The number of carboxylic acids is 1. The number of carbonyl (C=O) groups is 2. The molecular formula is C14H16N2O3S. The molecular weight excluding hydrogens is 276 g/mol. The van der Waals surface area contributed by atoms with E-state index in [0.29, 0.717) is 11.4 Å². The van der Waals surface area contributed by atoms with E-state index in [1.807, 2.05) is 24.3 Å². The number of thiophene rings is 1. The number of carbonyl (C=O) groups excluding carboxylic acids is 1. The molecule has 2 N–H and O–H groups in total. The Morgan fingerprint density at radius 3 is 2.70 bits per heavy atom. The van der Waals surface area contributed by atoms with Gasteiger partial charge in [0.2, 0.25) is 5.91 Å². The molecule has 2 rings (SSSR count). The minimum atomic E-state index is -0.922. The molecule has 0 saturated carbocycles. The number of benzene rings is 1. The second kappa shape index (κ2) is 6.02. The molecule has 0 aliphatic rings. The van der Waals surface area contributed by atoms with Gasteiger partial charge < -0.3 is 10.4 Å². The van der Waals surface area contributed by atoms with Crippen molar-refractivity contribution >= 4 is 33.3 Å². The zero-order valence-corrected chi connectivity index (χ0v) is 12.2. The van der Waals surface area contributed by atoms with Gasteiger partial charge in [-0.1, -0.05) is 18.2 Å². The van der Waals surface area contributed by atoms with E-state index < -0.39 is 5.97 Å². The van der Waals surface area contributed by atoms with Crippen LogP contribution in [-0.4, -0.2) is 42.5 Å². The Hall–Kier alpha value is -1.92. The largest absolute Gasteiger partial charge is 0.477 e. The van der Waals surface area contributed by atoms with E-state index in [0.717, 1.165) is 15.6 Å². The van der Waals surface area contributed by atoms with E-state index in [1.165, 1.54) is 11.3 Å². The molecule has 2 aromatic rings. The number of likely N-dealkylation sites (N-methyl/N-ethyl adjacent to an activating group) is 2. The van der Waals surface area contributed by atoms with Crippen molar-refractivity contribution in [1.29, 1.82) is 0 Å². The van der Waals surface area contributed by atoms with Gasteiger partial charge in [0.1, 0.15) is 4.88 Å². The quantitative estimate of drug-likeness (QED) is 0.881. The first kappa shape index (κ1) is 14.5. The molecule has 0 bridgehead atoms. The summed E-state index contributed by atoms with van der Waals surface area (Å²) in [6.07, 6.45) is 0. The van der Waals surface area contributed by atoms with E-state index in [4.69, 9.17) is 0 Å². The predicted molar refractivity (Wildman–Crippen MR) is 79.2 cm³/mol. The molecule has 0 aliphatic carbocycles. The van der Waals surface area contributed by atoms with E-state index in [-0.39, 0.29) is 12.5 Å². The first-order chi connectivity index (χ1) is 9.52. The van der Waals surface area contributed by atoms with Crippen LogP contribution in [0.15, 0.2) is 24.3 Å². The van der Waals surface area contributed by atoms with Crippen molar-refractivity contribution in [3.05, 3.63) is 34.7 Å². The molecule has 0 spiro atoms. The molecule has 5 nitrogen and oxygen atoms in total. The van der Waals surface area contributed by atoms with Gasteiger partial charge in [0.25, 0.3) is 0 Å². The average molecular weight is 292 g/mol. The van der Waals surface area contributed by atoms with Crippen LogP contribution in [0.25, 0.3) is 10.1 Å². The SMILES string of the molecule is CNC(=O)CN(C)Cc1c(C(=O)O)sc2ccccc12. The summed E-state index contributed by atoms with van der Waals surface area (Å²) in [7, 11) is 3.38. The summed E-state index contributed by atoms with van der Waals surface area (Å²) < 4.78 is 0.952. The van der Waals surface area contributed by atoms with Crippen LogP contribution >= 0.6 is 11.3 Å². The van der Waals surface area contributed by atoms with E-state index in [1.54, 1.807) is 19.0 Å². The molecule has 1 heterocycles. The minimum Gasteiger partial charge on any atom is -0.477 e. The lowest BCUT2D eigenvalue weighted by Gasteiger charge is -2.15. The number of aromatic carboxylic acids is 1. The van der Waals surface area contributed by atoms with Crippen LogP contribution in [-0.2, 0) is 11.3 Å². The Balaban J connectivity index is 2.34. The predicted octanol–water partition coefficient (Wildman–Crippen LogP) is 1.78. The zero-order chi connectivity index (χ0) is 14.7. The Kier molecular flexibility index (Phi) is 4.36. The van der Waals surface area contributed by atoms with Gasteiger partial charge in [0, 0.05) is 18.3 Å². The summed E-state index contributed by atoms with van der Waals surface area (Å²) >= 11 is 1.27. The maximum atomic E-state index is 11.4. The lowest BCUT2D eigenvalue weighted by Crippen LogP contribution is -2.32. The second-order valence-electron chi connectivity index (χ2n) is 4.56. The highest BCUT2D eigenvalue weighted by Crippen LogP contribution is 2.32. The maximum Gasteiger partial charge on any atom is 0.346 e. The molecule has 20 heavy (non-hydrogen) atoms. The van der Waals surface area contributed by atoms with Crippen molar-refractivity contribution in [2.24, 2.45) is 0 Å². The van der Waals surface area contributed by atoms with Crippen LogP contribution in [0.2, 0.25) is 0 Å². The number of amides is 1. The lowest BCUT2D eigenvalue weighted by molar-refractivity contribution is -0.121. The van der Waals surface area contributed by atoms with Crippen molar-refractivity contribution in [2.45, 2.75) is 6.54 Å². The number of nitrogens with zero attached hydrogens (tertiary/aromatic N) is 1. The molecule has 6 heteroatoms. The van der Waals surface area contributed by atoms with Crippen molar-refractivity contribution < 1.29 is 14.7 Å². The first-order valence-electron chi connectivity index (χ1n) is 6.15. The molecule has 0 fully saturated rings. The highest BCUT2D eigenvalue weighted by atomic mass is 32.1. The summed E-state index contributed by atoms with van der Waals surface area (Å²) in [5.41, 5.74) is 0.768. The summed E-state index contributed by atoms with van der Waals surface area (Å²) in [5, 5.41) is 12.8. The van der Waals surface area contributed by atoms with Gasteiger partial charge in [-0.05, 0) is 24.1 Å². The molecule has 1 amide bonds. The van der Waals surface area contributed by atoms with Crippen LogP contribution in [0, 0.1) is 0 Å². The molecule has 106 valence electrons. The van der Waals surface area contributed by atoms with Crippen LogP contribution in [0.3, 0.4) is 0 Å². The highest BCUT2D eigenvalue weighted by Gasteiger charge is 2.19. The van der Waals surface area contributed by atoms with E-state index >= 15 is 0 Å². The number of fused-ring (bicyclic) bond motifs is 1. The van der Waals surface area contributed by atoms with Gasteiger partial charge in [0.05, 0.1) is 6.54 Å². The summed E-state index contributed by atoms with van der Waals surface area (Å²) in [6.45, 7) is 0.665. The fraction of sp³-hybridized carbons (Fsp3) is 0.286. The van der Waals surface area contributed by atoms with Crippen molar-refractivity contribution in [1.82, 2.24) is 10.2 Å². The molecule has 0 unspecified atom stereocenters. The molecule has 0 saturated heterocycles. The second-order valence-corrected chi connectivity index (χ2v) is 5.61. The number of hydrogen-bond donors (Lipinski definition) is 2. The van der Waals surface area contributed by atoms with Gasteiger partial charge >= 0.3 is 5.97 Å². The third kappa shape index (κ3) is 2.97. The number of carboxylic acid groups (broad SMARTS) is 1. The smallest absolute Gasteiger partial charge is 0.346 e. The van der Waals surface area contributed by atoms with Gasteiger partial charge in [-0.25, -0.2) is 4.79 Å². The standard InChI is InChI=1S/C14H16N2O3S/c1-15-12(17)8-16(2)7-10-9-5-3-4-6-11(9)20-13(10)14(18)19/h3-6H,7-8H2,1-2H3,(H,15,17)(H,18,19). The third-order valence-electron chi connectivity index (χ3n) is 3.01. The Labute approximate surface area is 120 Å². The number of nitrogens with one attached hydrogen (secondary N) is 1. The zero-order valence-electron chi connectivity index (χ0n) is 11.3. The summed E-state index contributed by atoms with van der Waals surface area (Å²) in [5.74, 6) is -1.02. The maximum absolute atomic E-state index is 11.4. The van der Waals surface area contributed by atoms with Crippen LogP contribution < -0.4 is 5.32 Å². The van der Waals surface area contributed by atoms with Gasteiger partial charge in [0.15, 0.2) is 0 Å². The monoisotopic (exact) mass is 292 g/mol. The Morgan fingerprint density at radius 1 is 1.35 bits per heavy atom. The van der Waals surface area contributed by atoms with Crippen molar-refractivity contribution in [2.75, 3.05) is 20.6 Å². The number of hydrogen-bond acceptors (Lipinski definition) is 4. The fourth-order valence-corrected chi connectivity index (χ4v) is 3.13. The molecule has 0 atom stereocenters. The Morgan fingerprint density at radius 2 is 2.05 bits per heavy atom. The first-order valence-corrected chi connectivity index (χ1v) is 6.97. The normalized spacial score (nSPS) is 10.9. The molecule has 1 aromatic heterocycles. The summed E-state index contributed by atoms with van der Waals surface area (Å²) in [4.78, 5) is 24.9. The topological polar surface area (TPSA) is 69.6 Å². The molecule has 0 radical (unpaired) electrons. The minimum absolute atomic E-state index is 0.0936. The molecule has 0 aliphatic heterocycles. The Bertz CT molecular complexity index is 651. The van der Waals surface area contributed by atoms with Gasteiger partial charge in [-0.2, -0.15) is 0 Å². The lowest BCUT2D eigenvalue weighted by atomic mass is 10.1. The van der Waals surface area contributed by atoms with Crippen LogP contribution in [0.1, 0.15) is 15.2 Å². The third-order valence-corrected chi connectivity index (χ3v) is 4.21. The van der Waals surface area contributed by atoms with E-state index in [9.17, 15) is 14.7 Å². The highest BCUT2D eigenvalue weighted by molar-refractivity contribution is 7.21. The summed E-state index contributed by atoms with van der Waals surface area (Å²) in [6, 6.07) is 7.61. The molecule has 1 aromatic carbocycles. The van der Waals surface area contributed by atoms with Gasteiger partial charge in [-0.15, -0.1) is 11.3 Å². The van der Waals surface area contributed by atoms with Crippen LogP contribution in [0.5, 0.6) is 0 Å². The fourth-order valence-electron chi connectivity index (χ4n) is 2.08. The van der Waals surface area contributed by atoms with E-state index in [2.05, 4.69) is 5.32 Å². The van der Waals surface area contributed by atoms with Crippen LogP contribution in [0.4, 0.5) is 0 Å². The van der Waals surface area contributed by atoms with Crippen molar-refractivity contribution in [3.8, 4) is 0 Å². The average Bonchev–Trinajstić information content (AvgIpc) is 2.78.